The summed E-state index contributed by atoms with van der Waals surface area (Å²) in [5.74, 6) is -1.25. The molecule has 3 rings (SSSR count). The maximum Gasteiger partial charge on any atom is 0.260 e. The van der Waals surface area contributed by atoms with Gasteiger partial charge in [0.05, 0.1) is 5.56 Å². The van der Waals surface area contributed by atoms with Crippen LogP contribution in [-0.2, 0) is 0 Å². The van der Waals surface area contributed by atoms with Crippen molar-refractivity contribution in [2.24, 2.45) is 0 Å². The summed E-state index contributed by atoms with van der Waals surface area (Å²) >= 11 is 4.09. The quantitative estimate of drug-likeness (QED) is 0.710. The van der Waals surface area contributed by atoms with Crippen molar-refractivity contribution >= 4 is 38.5 Å². The molecule has 0 unspecified atom stereocenters. The molecule has 0 radical (unpaired) electrons. The molecule has 0 aliphatic carbocycles. The normalized spacial score (nSPS) is 10.6. The average molecular weight is 396 g/mol. The van der Waals surface area contributed by atoms with Crippen LogP contribution in [0.4, 0.5) is 13.9 Å². The van der Waals surface area contributed by atoms with Crippen LogP contribution >= 0.6 is 27.5 Å². The summed E-state index contributed by atoms with van der Waals surface area (Å²) < 4.78 is 31.3. The van der Waals surface area contributed by atoms with Crippen LogP contribution < -0.4 is 5.32 Å². The number of benzene rings is 2. The number of carbonyl (C=O) groups is 1. The molecular weight excluding hydrogens is 388 g/mol. The largest absolute Gasteiger partial charge is 0.296 e. The zero-order chi connectivity index (χ0) is 16.4. The van der Waals surface area contributed by atoms with Crippen LogP contribution in [0.5, 0.6) is 0 Å². The number of aromatic nitrogens is 2. The Labute approximate surface area is 142 Å². The fraction of sp³-hybridized carbons (Fsp3) is 0. The third kappa shape index (κ3) is 3.59. The molecule has 0 atom stereocenters. The van der Waals surface area contributed by atoms with E-state index in [9.17, 15) is 13.6 Å². The van der Waals surface area contributed by atoms with Crippen molar-refractivity contribution < 1.29 is 13.6 Å². The molecule has 1 heterocycles. The minimum Gasteiger partial charge on any atom is -0.296 e. The Morgan fingerprint density at radius 3 is 2.57 bits per heavy atom. The summed E-state index contributed by atoms with van der Waals surface area (Å²) in [6.45, 7) is 0. The van der Waals surface area contributed by atoms with Crippen LogP contribution in [0.15, 0.2) is 46.9 Å². The minimum atomic E-state index is -0.639. The van der Waals surface area contributed by atoms with E-state index in [4.69, 9.17) is 0 Å². The van der Waals surface area contributed by atoms with E-state index in [2.05, 4.69) is 30.6 Å². The Hall–Kier alpha value is -2.19. The maximum atomic E-state index is 13.8. The van der Waals surface area contributed by atoms with Crippen LogP contribution in [0.1, 0.15) is 10.4 Å². The zero-order valence-corrected chi connectivity index (χ0v) is 13.8. The highest BCUT2D eigenvalue weighted by Gasteiger charge is 2.15. The first-order chi connectivity index (χ1) is 11.0. The third-order valence-electron chi connectivity index (χ3n) is 2.92. The van der Waals surface area contributed by atoms with E-state index in [1.807, 2.05) is 0 Å². The van der Waals surface area contributed by atoms with Gasteiger partial charge in [0.25, 0.3) is 5.91 Å². The molecule has 4 nitrogen and oxygen atoms in total. The lowest BCUT2D eigenvalue weighted by Crippen LogP contribution is -2.13. The fourth-order valence-electron chi connectivity index (χ4n) is 1.83. The summed E-state index contributed by atoms with van der Waals surface area (Å²) in [6, 6.07) is 9.82. The van der Waals surface area contributed by atoms with Crippen LogP contribution in [0, 0.1) is 11.6 Å². The molecule has 0 aliphatic rings. The molecule has 1 N–H and O–H groups in total. The molecule has 23 heavy (non-hydrogen) atoms. The van der Waals surface area contributed by atoms with E-state index >= 15 is 0 Å². The Balaban J connectivity index is 1.78. The first-order valence-electron chi connectivity index (χ1n) is 6.39. The Kier molecular flexibility index (Phi) is 4.44. The van der Waals surface area contributed by atoms with Crippen LogP contribution in [-0.4, -0.2) is 15.3 Å². The van der Waals surface area contributed by atoms with E-state index < -0.39 is 11.7 Å². The van der Waals surface area contributed by atoms with Gasteiger partial charge in [0, 0.05) is 21.6 Å². The van der Waals surface area contributed by atoms with Gasteiger partial charge in [0.1, 0.15) is 11.6 Å². The number of halogens is 3. The van der Waals surface area contributed by atoms with Gasteiger partial charge in [0.15, 0.2) is 5.82 Å². The van der Waals surface area contributed by atoms with Crippen molar-refractivity contribution in [1.29, 1.82) is 0 Å². The van der Waals surface area contributed by atoms with Gasteiger partial charge >= 0.3 is 0 Å². The summed E-state index contributed by atoms with van der Waals surface area (Å²) in [5, 5.41) is 2.73. The van der Waals surface area contributed by atoms with E-state index in [1.54, 1.807) is 6.07 Å². The number of anilines is 1. The number of hydrogen-bond donors (Lipinski definition) is 1. The first kappa shape index (κ1) is 15.7. The molecular formula is C15H8BrF2N3OS. The summed E-state index contributed by atoms with van der Waals surface area (Å²) in [4.78, 5) is 16.2. The minimum absolute atomic E-state index is 0.0910. The molecule has 0 fully saturated rings. The number of nitrogens with one attached hydrogen (secondary N) is 1. The van der Waals surface area contributed by atoms with Gasteiger partial charge < -0.3 is 0 Å². The number of hydrogen-bond acceptors (Lipinski definition) is 4. The fourth-order valence-corrected chi connectivity index (χ4v) is 2.75. The molecule has 0 saturated carbocycles. The van der Waals surface area contributed by atoms with Crippen LogP contribution in [0.3, 0.4) is 0 Å². The summed E-state index contributed by atoms with van der Waals surface area (Å²) in [5.41, 5.74) is 0.532. The molecule has 0 bridgehead atoms. The second-order valence-corrected chi connectivity index (χ2v) is 6.18. The number of carbonyl (C=O) groups excluding carboxylic acids is 1. The number of nitrogens with zero attached hydrogens (tertiary/aromatic N) is 2. The summed E-state index contributed by atoms with van der Waals surface area (Å²) in [7, 11) is 0. The average Bonchev–Trinajstić information content (AvgIpc) is 2.96. The highest BCUT2D eigenvalue weighted by molar-refractivity contribution is 9.10. The van der Waals surface area contributed by atoms with Crippen molar-refractivity contribution in [3.05, 3.63) is 64.1 Å². The lowest BCUT2D eigenvalue weighted by atomic mass is 10.2. The van der Waals surface area contributed by atoms with Crippen molar-refractivity contribution in [2.75, 3.05) is 5.32 Å². The second kappa shape index (κ2) is 6.51. The van der Waals surface area contributed by atoms with Crippen LogP contribution in [0.25, 0.3) is 11.4 Å². The van der Waals surface area contributed by atoms with Gasteiger partial charge in [-0.2, -0.15) is 9.36 Å². The van der Waals surface area contributed by atoms with Crippen molar-refractivity contribution in [3.63, 3.8) is 0 Å². The predicted octanol–water partition coefficient (Wildman–Crippen LogP) is 4.50. The lowest BCUT2D eigenvalue weighted by molar-refractivity contribution is 0.102. The van der Waals surface area contributed by atoms with Gasteiger partial charge in [-0.15, -0.1) is 0 Å². The summed E-state index contributed by atoms with van der Waals surface area (Å²) in [6.07, 6.45) is 0. The molecule has 3 aromatic rings. The predicted molar refractivity (Wildman–Crippen MR) is 87.4 cm³/mol. The third-order valence-corrected chi connectivity index (χ3v) is 4.05. The van der Waals surface area contributed by atoms with Crippen molar-refractivity contribution in [2.45, 2.75) is 0 Å². The lowest BCUT2D eigenvalue weighted by Gasteiger charge is -2.03. The molecule has 0 spiro atoms. The molecule has 8 heteroatoms. The zero-order valence-electron chi connectivity index (χ0n) is 11.4. The van der Waals surface area contributed by atoms with Gasteiger partial charge in [0.2, 0.25) is 5.13 Å². The van der Waals surface area contributed by atoms with Crippen molar-refractivity contribution in [1.82, 2.24) is 9.36 Å². The Morgan fingerprint density at radius 1 is 1.13 bits per heavy atom. The molecule has 1 amide bonds. The van der Waals surface area contributed by atoms with Crippen LogP contribution in [0.2, 0.25) is 0 Å². The maximum absolute atomic E-state index is 13.8. The molecule has 1 aromatic heterocycles. The smallest absolute Gasteiger partial charge is 0.260 e. The van der Waals surface area contributed by atoms with E-state index in [0.717, 1.165) is 11.5 Å². The molecule has 116 valence electrons. The molecule has 2 aromatic carbocycles. The second-order valence-electron chi connectivity index (χ2n) is 4.51. The number of amides is 1. The standard InChI is InChI=1S/C15H8BrF2N3OS/c16-9-3-6-11(12(18)7-9)14(22)20-15-19-13(21-23-15)8-1-4-10(17)5-2-8/h1-7H,(H,19,20,21,22). The van der Waals surface area contributed by atoms with Crippen molar-refractivity contribution in [3.8, 4) is 11.4 Å². The SMILES string of the molecule is O=C(Nc1nc(-c2ccc(F)cc2)ns1)c1ccc(Br)cc1F. The van der Waals surface area contributed by atoms with Gasteiger partial charge in [-0.05, 0) is 42.5 Å². The molecule has 0 aliphatic heterocycles. The van der Waals surface area contributed by atoms with Gasteiger partial charge in [-0.1, -0.05) is 15.9 Å². The highest BCUT2D eigenvalue weighted by Crippen LogP contribution is 2.22. The van der Waals surface area contributed by atoms with E-state index in [-0.39, 0.29) is 16.5 Å². The van der Waals surface area contributed by atoms with E-state index in [0.29, 0.717) is 15.9 Å². The topological polar surface area (TPSA) is 54.9 Å². The van der Waals surface area contributed by atoms with Gasteiger partial charge in [-0.3, -0.25) is 10.1 Å². The van der Waals surface area contributed by atoms with Gasteiger partial charge in [-0.25, -0.2) is 8.78 Å². The first-order valence-corrected chi connectivity index (χ1v) is 7.95. The Bertz CT molecular complexity index is 867. The molecule has 0 saturated heterocycles. The number of rotatable bonds is 3. The Morgan fingerprint density at radius 2 is 1.87 bits per heavy atom. The van der Waals surface area contributed by atoms with E-state index in [1.165, 1.54) is 36.4 Å². The monoisotopic (exact) mass is 395 g/mol. The highest BCUT2D eigenvalue weighted by atomic mass is 79.9.